The highest BCUT2D eigenvalue weighted by Gasteiger charge is 2.34. The Morgan fingerprint density at radius 1 is 1.15 bits per heavy atom. The fourth-order valence-electron chi connectivity index (χ4n) is 2.35. The second kappa shape index (κ2) is 7.99. The van der Waals surface area contributed by atoms with Crippen molar-refractivity contribution in [2.75, 3.05) is 5.32 Å². The van der Waals surface area contributed by atoms with Gasteiger partial charge in [0.2, 0.25) is 0 Å². The van der Waals surface area contributed by atoms with E-state index in [4.69, 9.17) is 16.3 Å². The summed E-state index contributed by atoms with van der Waals surface area (Å²) in [4.78, 5) is 12.4. The number of hydrogen-bond acceptors (Lipinski definition) is 2. The summed E-state index contributed by atoms with van der Waals surface area (Å²) in [6.07, 6.45) is -5.26. The number of anilines is 1. The van der Waals surface area contributed by atoms with Gasteiger partial charge >= 0.3 is 6.18 Å². The molecule has 0 aliphatic heterocycles. The Kier molecular flexibility index (Phi) is 6.18. The van der Waals surface area contributed by atoms with Crippen LogP contribution in [0.1, 0.15) is 30.0 Å². The van der Waals surface area contributed by atoms with Gasteiger partial charge in [0.15, 0.2) is 6.10 Å². The molecule has 2 aromatic carbocycles. The molecule has 0 aromatic heterocycles. The molecule has 26 heavy (non-hydrogen) atoms. The van der Waals surface area contributed by atoms with Gasteiger partial charge in [-0.1, -0.05) is 24.6 Å². The third kappa shape index (κ3) is 4.91. The maximum Gasteiger partial charge on any atom is 0.418 e. The second-order valence-electron chi connectivity index (χ2n) is 5.94. The van der Waals surface area contributed by atoms with Crippen molar-refractivity contribution in [1.82, 2.24) is 0 Å². The SMILES string of the molecule is CCC(Oc1ccc(C)c(C)c1)C(=O)Nc1ccc(Cl)cc1C(F)(F)F. The third-order valence-corrected chi connectivity index (χ3v) is 4.20. The van der Waals surface area contributed by atoms with Gasteiger partial charge in [-0.05, 0) is 61.7 Å². The average molecular weight is 386 g/mol. The molecule has 2 rings (SSSR count). The number of halogens is 4. The molecule has 0 aliphatic rings. The van der Waals surface area contributed by atoms with E-state index in [0.29, 0.717) is 12.2 Å². The van der Waals surface area contributed by atoms with E-state index >= 15 is 0 Å². The summed E-state index contributed by atoms with van der Waals surface area (Å²) in [6.45, 7) is 5.58. The van der Waals surface area contributed by atoms with Crippen LogP contribution in [0.2, 0.25) is 5.02 Å². The van der Waals surface area contributed by atoms with E-state index in [0.717, 1.165) is 23.3 Å². The average Bonchev–Trinajstić information content (AvgIpc) is 2.56. The molecule has 0 bridgehead atoms. The molecule has 0 saturated carbocycles. The molecule has 0 aliphatic carbocycles. The van der Waals surface area contributed by atoms with Gasteiger partial charge in [0, 0.05) is 5.02 Å². The van der Waals surface area contributed by atoms with Crippen LogP contribution in [-0.2, 0) is 11.0 Å². The largest absolute Gasteiger partial charge is 0.481 e. The molecule has 3 nitrogen and oxygen atoms in total. The van der Waals surface area contributed by atoms with E-state index in [1.54, 1.807) is 19.1 Å². The zero-order valence-electron chi connectivity index (χ0n) is 14.6. The maximum absolute atomic E-state index is 13.1. The molecular formula is C19H19ClF3NO2. The number of ether oxygens (including phenoxy) is 1. The van der Waals surface area contributed by atoms with Gasteiger partial charge in [-0.15, -0.1) is 0 Å². The fraction of sp³-hybridized carbons (Fsp3) is 0.316. The van der Waals surface area contributed by atoms with Gasteiger partial charge in [-0.2, -0.15) is 13.2 Å². The predicted octanol–water partition coefficient (Wildman–Crippen LogP) is 5.77. The molecule has 1 unspecified atom stereocenters. The minimum atomic E-state index is -4.63. The number of amides is 1. The Bertz CT molecular complexity index is 806. The Morgan fingerprint density at radius 3 is 2.42 bits per heavy atom. The molecule has 1 N–H and O–H groups in total. The van der Waals surface area contributed by atoms with Crippen LogP contribution in [0.4, 0.5) is 18.9 Å². The van der Waals surface area contributed by atoms with Crippen molar-refractivity contribution >= 4 is 23.2 Å². The van der Waals surface area contributed by atoms with Crippen molar-refractivity contribution in [1.29, 1.82) is 0 Å². The van der Waals surface area contributed by atoms with Crippen molar-refractivity contribution in [2.45, 2.75) is 39.5 Å². The van der Waals surface area contributed by atoms with Crippen LogP contribution in [0.25, 0.3) is 0 Å². The molecule has 0 fully saturated rings. The molecule has 140 valence electrons. The number of alkyl halides is 3. The summed E-state index contributed by atoms with van der Waals surface area (Å²) in [5.41, 5.74) is 0.717. The van der Waals surface area contributed by atoms with E-state index in [2.05, 4.69) is 5.32 Å². The number of aryl methyl sites for hydroxylation is 2. The number of nitrogens with one attached hydrogen (secondary N) is 1. The molecule has 7 heteroatoms. The summed E-state index contributed by atoms with van der Waals surface area (Å²) in [6, 6.07) is 8.57. The first-order valence-electron chi connectivity index (χ1n) is 8.03. The standard InChI is InChI=1S/C19H19ClF3NO2/c1-4-17(26-14-7-5-11(2)12(3)9-14)18(25)24-16-8-6-13(20)10-15(16)19(21,22)23/h5-10,17H,4H2,1-3H3,(H,24,25). The van der Waals surface area contributed by atoms with Gasteiger partial charge in [-0.25, -0.2) is 0 Å². The topological polar surface area (TPSA) is 38.3 Å². The highest BCUT2D eigenvalue weighted by molar-refractivity contribution is 6.30. The zero-order chi connectivity index (χ0) is 19.5. The van der Waals surface area contributed by atoms with Crippen LogP contribution in [0.3, 0.4) is 0 Å². The van der Waals surface area contributed by atoms with Crippen LogP contribution >= 0.6 is 11.6 Å². The number of carbonyl (C=O) groups is 1. The van der Waals surface area contributed by atoms with E-state index < -0.39 is 23.8 Å². The summed E-state index contributed by atoms with van der Waals surface area (Å²) in [5.74, 6) is -0.166. The first-order valence-corrected chi connectivity index (χ1v) is 8.41. The van der Waals surface area contributed by atoms with Gasteiger partial charge in [0.05, 0.1) is 11.3 Å². The second-order valence-corrected chi connectivity index (χ2v) is 6.37. The Labute approximate surface area is 155 Å². The van der Waals surface area contributed by atoms with Crippen LogP contribution in [-0.4, -0.2) is 12.0 Å². The molecule has 0 saturated heterocycles. The first kappa shape index (κ1) is 20.1. The van der Waals surface area contributed by atoms with Crippen LogP contribution in [0.15, 0.2) is 36.4 Å². The lowest BCUT2D eigenvalue weighted by atomic mass is 10.1. The van der Waals surface area contributed by atoms with Crippen LogP contribution in [0, 0.1) is 13.8 Å². The lowest BCUT2D eigenvalue weighted by Crippen LogP contribution is -2.33. The van der Waals surface area contributed by atoms with E-state index in [-0.39, 0.29) is 10.7 Å². The number of benzene rings is 2. The Balaban J connectivity index is 2.20. The Hall–Kier alpha value is -2.21. The monoisotopic (exact) mass is 385 g/mol. The minimum Gasteiger partial charge on any atom is -0.481 e. The number of carbonyl (C=O) groups excluding carboxylic acids is 1. The number of rotatable bonds is 5. The molecular weight excluding hydrogens is 367 g/mol. The molecule has 2 aromatic rings. The van der Waals surface area contributed by atoms with Crippen molar-refractivity contribution in [2.24, 2.45) is 0 Å². The van der Waals surface area contributed by atoms with Crippen LogP contribution < -0.4 is 10.1 Å². The van der Waals surface area contributed by atoms with E-state index in [9.17, 15) is 18.0 Å². The van der Waals surface area contributed by atoms with Crippen molar-refractivity contribution in [3.8, 4) is 5.75 Å². The first-order chi connectivity index (χ1) is 12.1. The molecule has 0 radical (unpaired) electrons. The quantitative estimate of drug-likeness (QED) is 0.709. The molecule has 1 amide bonds. The zero-order valence-corrected chi connectivity index (χ0v) is 15.3. The summed E-state index contributed by atoms with van der Waals surface area (Å²) in [5, 5.41) is 2.24. The molecule has 0 spiro atoms. The van der Waals surface area contributed by atoms with Crippen molar-refractivity contribution in [3.05, 3.63) is 58.1 Å². The van der Waals surface area contributed by atoms with Gasteiger partial charge in [-0.3, -0.25) is 4.79 Å². The Morgan fingerprint density at radius 2 is 1.85 bits per heavy atom. The third-order valence-electron chi connectivity index (χ3n) is 3.96. The van der Waals surface area contributed by atoms with Crippen LogP contribution in [0.5, 0.6) is 5.75 Å². The highest BCUT2D eigenvalue weighted by Crippen LogP contribution is 2.36. The van der Waals surface area contributed by atoms with Gasteiger partial charge < -0.3 is 10.1 Å². The number of hydrogen-bond donors (Lipinski definition) is 1. The highest BCUT2D eigenvalue weighted by atomic mass is 35.5. The van der Waals surface area contributed by atoms with Gasteiger partial charge in [0.25, 0.3) is 5.91 Å². The summed E-state index contributed by atoms with van der Waals surface area (Å²) >= 11 is 5.65. The summed E-state index contributed by atoms with van der Waals surface area (Å²) in [7, 11) is 0. The van der Waals surface area contributed by atoms with Crippen molar-refractivity contribution < 1.29 is 22.7 Å². The molecule has 1 atom stereocenters. The molecule has 0 heterocycles. The van der Waals surface area contributed by atoms with Crippen molar-refractivity contribution in [3.63, 3.8) is 0 Å². The summed E-state index contributed by atoms with van der Waals surface area (Å²) < 4.78 is 45.1. The predicted molar refractivity (Wildman–Crippen MR) is 95.7 cm³/mol. The lowest BCUT2D eigenvalue weighted by Gasteiger charge is -2.20. The fourth-order valence-corrected chi connectivity index (χ4v) is 2.52. The maximum atomic E-state index is 13.1. The van der Waals surface area contributed by atoms with E-state index in [1.807, 2.05) is 19.9 Å². The van der Waals surface area contributed by atoms with E-state index in [1.165, 1.54) is 6.07 Å². The van der Waals surface area contributed by atoms with Gasteiger partial charge in [0.1, 0.15) is 5.75 Å². The lowest BCUT2D eigenvalue weighted by molar-refractivity contribution is -0.137. The normalized spacial score (nSPS) is 12.6. The smallest absolute Gasteiger partial charge is 0.418 e. The minimum absolute atomic E-state index is 0.0613.